The summed E-state index contributed by atoms with van der Waals surface area (Å²) >= 11 is 4.68. The molecule has 0 saturated carbocycles. The van der Waals surface area contributed by atoms with Crippen LogP contribution in [-0.2, 0) is 41.6 Å². The van der Waals surface area contributed by atoms with Gasteiger partial charge in [0.15, 0.2) is 0 Å². The number of H-pyrrole nitrogens is 2. The zero-order valence-corrected chi connectivity index (χ0v) is 34.1. The summed E-state index contributed by atoms with van der Waals surface area (Å²) in [6.45, 7) is 5.67. The number of para-hydroxylation sites is 1. The normalized spacial score (nSPS) is 21.1. The van der Waals surface area contributed by atoms with Gasteiger partial charge in [0.2, 0.25) is 29.5 Å². The van der Waals surface area contributed by atoms with Gasteiger partial charge in [0.1, 0.15) is 28.8 Å². The minimum absolute atomic E-state index is 0.00945. The van der Waals surface area contributed by atoms with E-state index < -0.39 is 78.6 Å². The van der Waals surface area contributed by atoms with Crippen molar-refractivity contribution in [2.24, 2.45) is 0 Å². The Kier molecular flexibility index (Phi) is 12.7. The number of aromatic nitrogens is 3. The van der Waals surface area contributed by atoms with Gasteiger partial charge >= 0.3 is 0 Å². The van der Waals surface area contributed by atoms with Crippen LogP contribution in [0.3, 0.4) is 0 Å². The number of likely N-dealkylation sites (N-methyl/N-ethyl adjacent to an activating group) is 1. The third kappa shape index (κ3) is 9.60. The van der Waals surface area contributed by atoms with Gasteiger partial charge in [0, 0.05) is 63.9 Å². The number of benzene rings is 2. The van der Waals surface area contributed by atoms with Crippen molar-refractivity contribution < 1.29 is 33.6 Å². The number of thiazole rings is 1. The summed E-state index contributed by atoms with van der Waals surface area (Å²) in [6.07, 6.45) is 3.48. The van der Waals surface area contributed by atoms with Crippen LogP contribution in [0.25, 0.3) is 21.8 Å². The second-order valence-electron chi connectivity index (χ2n) is 13.8. The van der Waals surface area contributed by atoms with Crippen molar-refractivity contribution in [2.45, 2.75) is 50.9 Å². The molecule has 8 N–H and O–H groups in total. The van der Waals surface area contributed by atoms with Gasteiger partial charge in [0.25, 0.3) is 11.8 Å². The summed E-state index contributed by atoms with van der Waals surface area (Å²) in [6, 6.07) is 8.74. The average molecular weight is 874 g/mol. The van der Waals surface area contributed by atoms with E-state index in [1.165, 1.54) is 19.4 Å². The Hall–Kier alpha value is -6.34. The monoisotopic (exact) mass is 872 g/mol. The van der Waals surface area contributed by atoms with Gasteiger partial charge in [-0.2, -0.15) is 0 Å². The molecule has 6 rings (SSSR count). The first-order chi connectivity index (χ1) is 27.7. The molecular formula is C39H41BrN10O7S. The van der Waals surface area contributed by atoms with Crippen LogP contribution in [0.2, 0.25) is 0 Å². The van der Waals surface area contributed by atoms with Gasteiger partial charge < -0.3 is 46.8 Å². The van der Waals surface area contributed by atoms with E-state index >= 15 is 0 Å². The van der Waals surface area contributed by atoms with Crippen LogP contribution in [0.4, 0.5) is 0 Å². The van der Waals surface area contributed by atoms with Crippen molar-refractivity contribution in [3.8, 4) is 0 Å². The molecule has 0 saturated heterocycles. The predicted molar refractivity (Wildman–Crippen MR) is 219 cm³/mol. The van der Waals surface area contributed by atoms with Crippen LogP contribution in [-0.4, -0.2) is 99.5 Å². The molecule has 7 amide bonds. The zero-order chi connectivity index (χ0) is 41.7. The fraction of sp³-hybridized carbons (Fsp3) is 0.282. The lowest BCUT2D eigenvalue weighted by Gasteiger charge is -2.23. The Morgan fingerprint density at radius 3 is 2.26 bits per heavy atom. The molecule has 0 aliphatic carbocycles. The van der Waals surface area contributed by atoms with Gasteiger partial charge in [-0.05, 0) is 43.2 Å². The fourth-order valence-electron chi connectivity index (χ4n) is 6.45. The van der Waals surface area contributed by atoms with Crippen LogP contribution in [0.1, 0.15) is 46.5 Å². The van der Waals surface area contributed by atoms with E-state index in [2.05, 4.69) is 69.4 Å². The maximum absolute atomic E-state index is 14.4. The first-order valence-electron chi connectivity index (χ1n) is 18.2. The minimum Gasteiger partial charge on any atom is -0.361 e. The highest BCUT2D eigenvalue weighted by molar-refractivity contribution is 9.10. The molecule has 4 heterocycles. The molecule has 2 bridgehead atoms. The molecule has 2 aromatic carbocycles. The molecule has 4 atom stereocenters. The van der Waals surface area contributed by atoms with Gasteiger partial charge in [-0.15, -0.1) is 11.3 Å². The number of nitrogens with one attached hydrogen (secondary N) is 8. The summed E-state index contributed by atoms with van der Waals surface area (Å²) in [5, 5.41) is 19.2. The summed E-state index contributed by atoms with van der Waals surface area (Å²) < 4.78 is 0.751. The van der Waals surface area contributed by atoms with Gasteiger partial charge in [-0.25, -0.2) is 4.98 Å². The second-order valence-corrected chi connectivity index (χ2v) is 15.6. The SMILES string of the molecule is C=C1NC(=O)[C@@H](C)NC(=O)CNC(=O)[C@H](Cc2c[nH]c3cccc(Br)c23)NC(=O)[C@H](Cc2c[nH]c3ccccc23)NC(=O)c2csc(n2)[C@@H](C)NC(=O)CN(C)C1=O. The highest BCUT2D eigenvalue weighted by atomic mass is 79.9. The molecule has 3 aromatic heterocycles. The number of amides is 7. The molecule has 302 valence electrons. The van der Waals surface area contributed by atoms with Crippen molar-refractivity contribution in [2.75, 3.05) is 20.1 Å². The molecule has 1 aliphatic heterocycles. The molecule has 58 heavy (non-hydrogen) atoms. The molecule has 5 aromatic rings. The van der Waals surface area contributed by atoms with E-state index in [0.29, 0.717) is 10.6 Å². The van der Waals surface area contributed by atoms with Crippen LogP contribution in [0, 0.1) is 0 Å². The Morgan fingerprint density at radius 1 is 0.793 bits per heavy atom. The maximum atomic E-state index is 14.4. The van der Waals surface area contributed by atoms with Crippen LogP contribution < -0.4 is 31.9 Å². The van der Waals surface area contributed by atoms with E-state index in [4.69, 9.17) is 0 Å². The number of halogens is 1. The first kappa shape index (κ1) is 41.3. The number of aromatic amines is 2. The zero-order valence-electron chi connectivity index (χ0n) is 31.7. The first-order valence-corrected chi connectivity index (χ1v) is 19.8. The van der Waals surface area contributed by atoms with E-state index in [-0.39, 0.29) is 24.2 Å². The number of hydrogen-bond donors (Lipinski definition) is 8. The van der Waals surface area contributed by atoms with Crippen molar-refractivity contribution in [1.29, 1.82) is 0 Å². The summed E-state index contributed by atoms with van der Waals surface area (Å²) in [7, 11) is 1.35. The third-order valence-electron chi connectivity index (χ3n) is 9.47. The van der Waals surface area contributed by atoms with Crippen LogP contribution in [0.15, 0.2) is 77.0 Å². The van der Waals surface area contributed by atoms with E-state index in [9.17, 15) is 33.6 Å². The lowest BCUT2D eigenvalue weighted by atomic mass is 10.0. The number of rotatable bonds is 4. The summed E-state index contributed by atoms with van der Waals surface area (Å²) in [5.74, 6) is -4.87. The molecule has 19 heteroatoms. The standard InChI is InChI=1S/C39H41BrN10O7S/c1-19-34(53)46-21(3)39(57)50(4)17-32(52)45-20(2)38-49-30(18-58-38)37(56)48-29(12-22-14-41-26-10-6-5-8-24(22)26)36(55)47-28(35(54)43-16-31(51)44-19)13-23-15-42-27-11-7-9-25(40)33(23)27/h5-11,14-15,18-20,28-29,41-42H,3,12-13,16-17H2,1-2,4H3,(H,43,54)(H,44,51)(H,45,52)(H,46,53)(H,47,55)(H,48,56)/t19-,20-,28+,29+/m1/s1. The molecular weight excluding hydrogens is 832 g/mol. The topological polar surface area (TPSA) is 239 Å². The van der Waals surface area contributed by atoms with Crippen LogP contribution >= 0.6 is 27.3 Å². The number of carbonyl (C=O) groups is 7. The molecule has 0 radical (unpaired) electrons. The van der Waals surface area contributed by atoms with E-state index in [1.54, 1.807) is 19.3 Å². The van der Waals surface area contributed by atoms with Crippen LogP contribution in [0.5, 0.6) is 0 Å². The molecule has 0 unspecified atom stereocenters. The Balaban J connectivity index is 1.33. The van der Waals surface area contributed by atoms with Crippen molar-refractivity contribution >= 4 is 90.4 Å². The predicted octanol–water partition coefficient (Wildman–Crippen LogP) is 1.84. The second kappa shape index (κ2) is 17.9. The highest BCUT2D eigenvalue weighted by Gasteiger charge is 2.31. The van der Waals surface area contributed by atoms with Crippen molar-refractivity contribution in [1.82, 2.24) is 51.8 Å². The van der Waals surface area contributed by atoms with Gasteiger partial charge in [-0.3, -0.25) is 33.6 Å². The minimum atomic E-state index is -1.25. The molecule has 0 spiro atoms. The molecule has 0 fully saturated rings. The summed E-state index contributed by atoms with van der Waals surface area (Å²) in [5.41, 5.74) is 2.66. The lowest BCUT2D eigenvalue weighted by molar-refractivity contribution is -0.133. The number of hydrogen-bond acceptors (Lipinski definition) is 9. The lowest BCUT2D eigenvalue weighted by Crippen LogP contribution is -2.56. The van der Waals surface area contributed by atoms with Crippen molar-refractivity contribution in [3.63, 3.8) is 0 Å². The largest absolute Gasteiger partial charge is 0.361 e. The maximum Gasteiger partial charge on any atom is 0.271 e. The summed E-state index contributed by atoms with van der Waals surface area (Å²) in [4.78, 5) is 106. The number of fused-ring (bicyclic) bond motifs is 4. The fourth-order valence-corrected chi connectivity index (χ4v) is 7.88. The molecule has 17 nitrogen and oxygen atoms in total. The number of nitrogens with zero attached hydrogens (tertiary/aromatic N) is 2. The van der Waals surface area contributed by atoms with Gasteiger partial charge in [-0.1, -0.05) is 46.8 Å². The molecule has 1 aliphatic rings. The Bertz CT molecular complexity index is 2440. The third-order valence-corrected chi connectivity index (χ3v) is 11.2. The average Bonchev–Trinajstić information content (AvgIpc) is 3.95. The quantitative estimate of drug-likeness (QED) is 0.124. The smallest absolute Gasteiger partial charge is 0.271 e. The van der Waals surface area contributed by atoms with Gasteiger partial charge in [0.05, 0.1) is 24.8 Å². The van der Waals surface area contributed by atoms with E-state index in [0.717, 1.165) is 48.1 Å². The van der Waals surface area contributed by atoms with E-state index in [1.807, 2.05) is 42.5 Å². The highest BCUT2D eigenvalue weighted by Crippen LogP contribution is 2.28. The number of carbonyl (C=O) groups excluding carboxylic acids is 7. The Labute approximate surface area is 344 Å². The van der Waals surface area contributed by atoms with Crippen molar-refractivity contribution in [3.05, 3.63) is 98.8 Å². The Morgan fingerprint density at radius 2 is 1.47 bits per heavy atom.